The zero-order valence-corrected chi connectivity index (χ0v) is 13.9. The summed E-state index contributed by atoms with van der Waals surface area (Å²) in [5.74, 6) is 0. The van der Waals surface area contributed by atoms with Crippen LogP contribution in [0, 0.1) is 6.92 Å². The molecule has 1 unspecified atom stereocenters. The minimum atomic E-state index is 0.446. The molecule has 2 heterocycles. The number of halogens is 1. The molecule has 0 aliphatic carbocycles. The number of thiophene rings is 2. The highest BCUT2D eigenvalue weighted by Crippen LogP contribution is 2.29. The number of hydrogen-bond acceptors (Lipinski definition) is 3. The highest BCUT2D eigenvalue weighted by atomic mass is 79.9. The molecular formula is C14H18BrNS2. The van der Waals surface area contributed by atoms with E-state index in [1.807, 2.05) is 11.3 Å². The minimum absolute atomic E-state index is 0.446. The predicted octanol–water partition coefficient (Wildman–Crippen LogP) is 5.16. The van der Waals surface area contributed by atoms with Crippen LogP contribution in [0.1, 0.15) is 35.4 Å². The largest absolute Gasteiger partial charge is 0.310 e. The van der Waals surface area contributed by atoms with Crippen molar-refractivity contribution in [1.29, 1.82) is 0 Å². The number of nitrogens with one attached hydrogen (secondary N) is 1. The van der Waals surface area contributed by atoms with Gasteiger partial charge in [0.05, 0.1) is 3.79 Å². The molecule has 2 aromatic heterocycles. The van der Waals surface area contributed by atoms with Crippen LogP contribution in [0.25, 0.3) is 0 Å². The maximum atomic E-state index is 3.67. The zero-order valence-electron chi connectivity index (χ0n) is 10.7. The Balaban J connectivity index is 2.12. The van der Waals surface area contributed by atoms with Gasteiger partial charge in [0.25, 0.3) is 0 Å². The lowest BCUT2D eigenvalue weighted by atomic mass is 10.0. The van der Waals surface area contributed by atoms with E-state index in [0.29, 0.717) is 6.04 Å². The summed E-state index contributed by atoms with van der Waals surface area (Å²) in [5, 5.41) is 8.19. The Bertz CT molecular complexity index is 489. The second-order valence-electron chi connectivity index (χ2n) is 4.43. The first-order valence-electron chi connectivity index (χ1n) is 6.21. The van der Waals surface area contributed by atoms with E-state index in [9.17, 15) is 0 Å². The molecule has 0 bridgehead atoms. The van der Waals surface area contributed by atoms with Crippen LogP contribution in [-0.2, 0) is 6.42 Å². The maximum Gasteiger partial charge on any atom is 0.0701 e. The fourth-order valence-corrected chi connectivity index (χ4v) is 4.43. The van der Waals surface area contributed by atoms with Gasteiger partial charge < -0.3 is 5.32 Å². The molecular weight excluding hydrogens is 326 g/mol. The maximum absolute atomic E-state index is 3.67. The summed E-state index contributed by atoms with van der Waals surface area (Å²) in [6, 6.07) is 4.80. The van der Waals surface area contributed by atoms with Gasteiger partial charge in [-0.1, -0.05) is 6.92 Å². The van der Waals surface area contributed by atoms with Gasteiger partial charge in [0.1, 0.15) is 0 Å². The van der Waals surface area contributed by atoms with Gasteiger partial charge in [0.2, 0.25) is 0 Å². The molecule has 0 amide bonds. The van der Waals surface area contributed by atoms with E-state index in [-0.39, 0.29) is 0 Å². The van der Waals surface area contributed by atoms with Crippen LogP contribution in [-0.4, -0.2) is 6.54 Å². The molecule has 2 rings (SSSR count). The molecule has 0 aliphatic heterocycles. The van der Waals surface area contributed by atoms with Gasteiger partial charge in [0.15, 0.2) is 0 Å². The Morgan fingerprint density at radius 2 is 2.17 bits per heavy atom. The molecule has 0 fully saturated rings. The molecule has 2 aromatic rings. The second-order valence-corrected chi connectivity index (χ2v) is 7.72. The van der Waals surface area contributed by atoms with E-state index < -0.39 is 0 Å². The molecule has 18 heavy (non-hydrogen) atoms. The third-order valence-electron chi connectivity index (χ3n) is 2.95. The Kier molecular flexibility index (Phi) is 5.42. The number of rotatable bonds is 6. The van der Waals surface area contributed by atoms with E-state index in [0.717, 1.165) is 13.0 Å². The average Bonchev–Trinajstić information content (AvgIpc) is 2.93. The third kappa shape index (κ3) is 3.67. The molecule has 0 saturated carbocycles. The van der Waals surface area contributed by atoms with Crippen molar-refractivity contribution < 1.29 is 0 Å². The van der Waals surface area contributed by atoms with Crippen molar-refractivity contribution in [2.75, 3.05) is 6.54 Å². The third-order valence-corrected chi connectivity index (χ3v) is 5.47. The molecule has 0 radical (unpaired) electrons. The lowest BCUT2D eigenvalue weighted by Gasteiger charge is -2.18. The SMILES string of the molecule is CCCNC(Cc1ccc(Br)s1)c1cscc1C. The van der Waals surface area contributed by atoms with Crippen molar-refractivity contribution in [3.63, 3.8) is 0 Å². The molecule has 0 aliphatic rings. The van der Waals surface area contributed by atoms with E-state index in [1.165, 1.54) is 26.2 Å². The van der Waals surface area contributed by atoms with Crippen molar-refractivity contribution in [2.24, 2.45) is 0 Å². The topological polar surface area (TPSA) is 12.0 Å². The van der Waals surface area contributed by atoms with E-state index in [1.54, 1.807) is 11.3 Å². The summed E-state index contributed by atoms with van der Waals surface area (Å²) in [4.78, 5) is 1.43. The Morgan fingerprint density at radius 1 is 1.33 bits per heavy atom. The van der Waals surface area contributed by atoms with Crippen LogP contribution in [0.2, 0.25) is 0 Å². The van der Waals surface area contributed by atoms with E-state index >= 15 is 0 Å². The molecule has 98 valence electrons. The van der Waals surface area contributed by atoms with Gasteiger partial charge in [-0.15, -0.1) is 11.3 Å². The molecule has 0 saturated heterocycles. The first-order chi connectivity index (χ1) is 8.70. The highest BCUT2D eigenvalue weighted by molar-refractivity contribution is 9.11. The molecule has 0 spiro atoms. The smallest absolute Gasteiger partial charge is 0.0701 e. The lowest BCUT2D eigenvalue weighted by molar-refractivity contribution is 0.531. The summed E-state index contributed by atoms with van der Waals surface area (Å²) >= 11 is 7.17. The van der Waals surface area contributed by atoms with Crippen LogP contribution in [0.15, 0.2) is 26.7 Å². The van der Waals surface area contributed by atoms with Crippen LogP contribution < -0.4 is 5.32 Å². The standard InChI is InChI=1S/C14H18BrNS2/c1-3-6-16-13(12-9-17-8-10(12)2)7-11-4-5-14(15)18-11/h4-5,8-9,13,16H,3,6-7H2,1-2H3. The molecule has 0 aromatic carbocycles. The quantitative estimate of drug-likeness (QED) is 0.763. The van der Waals surface area contributed by atoms with Crippen LogP contribution in [0.3, 0.4) is 0 Å². The van der Waals surface area contributed by atoms with Crippen LogP contribution in [0.5, 0.6) is 0 Å². The van der Waals surface area contributed by atoms with Crippen LogP contribution >= 0.6 is 38.6 Å². The summed E-state index contributed by atoms with van der Waals surface area (Å²) in [6.07, 6.45) is 2.25. The summed E-state index contributed by atoms with van der Waals surface area (Å²) in [6.45, 7) is 5.50. The zero-order chi connectivity index (χ0) is 13.0. The molecule has 1 atom stereocenters. The molecule has 1 N–H and O–H groups in total. The van der Waals surface area contributed by atoms with Gasteiger partial charge in [-0.3, -0.25) is 0 Å². The Morgan fingerprint density at radius 3 is 2.72 bits per heavy atom. The van der Waals surface area contributed by atoms with E-state index in [2.05, 4.69) is 58.0 Å². The number of aryl methyl sites for hydroxylation is 1. The lowest BCUT2D eigenvalue weighted by Crippen LogP contribution is -2.24. The molecule has 1 nitrogen and oxygen atoms in total. The van der Waals surface area contributed by atoms with Crippen LogP contribution in [0.4, 0.5) is 0 Å². The number of hydrogen-bond donors (Lipinski definition) is 1. The second kappa shape index (κ2) is 6.85. The van der Waals surface area contributed by atoms with Gasteiger partial charge >= 0.3 is 0 Å². The van der Waals surface area contributed by atoms with Gasteiger partial charge in [-0.05, 0) is 69.8 Å². The highest BCUT2D eigenvalue weighted by Gasteiger charge is 2.15. The van der Waals surface area contributed by atoms with Crippen molar-refractivity contribution in [2.45, 2.75) is 32.7 Å². The van der Waals surface area contributed by atoms with Gasteiger partial charge in [-0.25, -0.2) is 0 Å². The first-order valence-corrected chi connectivity index (χ1v) is 8.76. The van der Waals surface area contributed by atoms with Crippen molar-refractivity contribution in [1.82, 2.24) is 5.32 Å². The normalized spacial score (nSPS) is 12.8. The van der Waals surface area contributed by atoms with E-state index in [4.69, 9.17) is 0 Å². The first kappa shape index (κ1) is 14.3. The monoisotopic (exact) mass is 343 g/mol. The molecule has 4 heteroatoms. The average molecular weight is 344 g/mol. The minimum Gasteiger partial charge on any atom is -0.310 e. The Hall–Kier alpha value is -0.160. The van der Waals surface area contributed by atoms with Gasteiger partial charge in [0, 0.05) is 17.3 Å². The van der Waals surface area contributed by atoms with Gasteiger partial charge in [-0.2, -0.15) is 11.3 Å². The Labute approximate surface area is 125 Å². The predicted molar refractivity (Wildman–Crippen MR) is 85.8 cm³/mol. The van der Waals surface area contributed by atoms with Crippen molar-refractivity contribution >= 4 is 38.6 Å². The fraction of sp³-hybridized carbons (Fsp3) is 0.429. The van der Waals surface area contributed by atoms with Crippen molar-refractivity contribution in [3.05, 3.63) is 42.7 Å². The van der Waals surface area contributed by atoms with Crippen molar-refractivity contribution in [3.8, 4) is 0 Å². The fourth-order valence-electron chi connectivity index (χ4n) is 2.00. The summed E-state index contributed by atoms with van der Waals surface area (Å²) in [5.41, 5.74) is 2.86. The summed E-state index contributed by atoms with van der Waals surface area (Å²) in [7, 11) is 0. The summed E-state index contributed by atoms with van der Waals surface area (Å²) < 4.78 is 1.22.